The van der Waals surface area contributed by atoms with E-state index in [2.05, 4.69) is 4.98 Å². The maximum absolute atomic E-state index is 13.1. The van der Waals surface area contributed by atoms with E-state index >= 15 is 0 Å². The van der Waals surface area contributed by atoms with Crippen molar-refractivity contribution in [3.05, 3.63) is 75.1 Å². The van der Waals surface area contributed by atoms with Gasteiger partial charge in [-0.1, -0.05) is 41.9 Å². The number of nitrogens with zero attached hydrogens (tertiary/aromatic N) is 2. The lowest BCUT2D eigenvalue weighted by molar-refractivity contribution is -0.137. The van der Waals surface area contributed by atoms with Crippen LogP contribution in [0.25, 0.3) is 22.9 Å². The van der Waals surface area contributed by atoms with Gasteiger partial charge in [0.1, 0.15) is 11.1 Å². The normalized spacial score (nSPS) is 12.0. The number of rotatable bonds is 3. The van der Waals surface area contributed by atoms with Gasteiger partial charge in [-0.2, -0.15) is 18.4 Å². The fraction of sp³-hybridized carbons (Fsp3) is 0.0526. The molecule has 0 aliphatic carbocycles. The van der Waals surface area contributed by atoms with Crippen molar-refractivity contribution in [1.29, 1.82) is 5.26 Å². The van der Waals surface area contributed by atoms with Crippen molar-refractivity contribution in [3.8, 4) is 17.3 Å². The molecule has 0 atom stereocenters. The number of alkyl halides is 3. The van der Waals surface area contributed by atoms with Crippen molar-refractivity contribution in [2.75, 3.05) is 0 Å². The Morgan fingerprint density at radius 1 is 1.12 bits per heavy atom. The molecule has 2 nitrogen and oxygen atoms in total. The first-order valence-electron chi connectivity index (χ1n) is 7.38. The summed E-state index contributed by atoms with van der Waals surface area (Å²) in [6.45, 7) is 0. The van der Waals surface area contributed by atoms with Gasteiger partial charge in [-0.25, -0.2) is 4.98 Å². The van der Waals surface area contributed by atoms with Gasteiger partial charge in [0.2, 0.25) is 0 Å². The first-order valence-corrected chi connectivity index (χ1v) is 8.64. The van der Waals surface area contributed by atoms with Gasteiger partial charge in [0, 0.05) is 16.0 Å². The molecule has 0 fully saturated rings. The Bertz CT molecular complexity index is 999. The molecule has 130 valence electrons. The van der Waals surface area contributed by atoms with Crippen molar-refractivity contribution in [2.24, 2.45) is 0 Å². The van der Waals surface area contributed by atoms with Gasteiger partial charge in [-0.05, 0) is 29.8 Å². The average molecular weight is 391 g/mol. The molecule has 0 amide bonds. The molecule has 3 rings (SSSR count). The summed E-state index contributed by atoms with van der Waals surface area (Å²) < 4.78 is 39.4. The number of thiazole rings is 1. The highest BCUT2D eigenvalue weighted by molar-refractivity contribution is 7.11. The van der Waals surface area contributed by atoms with Crippen LogP contribution in [0.2, 0.25) is 5.02 Å². The predicted octanol–water partition coefficient (Wildman–Crippen LogP) is 6.55. The topological polar surface area (TPSA) is 36.7 Å². The van der Waals surface area contributed by atoms with Crippen LogP contribution in [0.4, 0.5) is 13.2 Å². The first kappa shape index (κ1) is 18.2. The maximum atomic E-state index is 13.1. The fourth-order valence-electron chi connectivity index (χ4n) is 2.33. The SMILES string of the molecule is N#C/C(=C\c1ccccc1C(F)(F)F)c1nc(-c2ccc(Cl)cc2)cs1. The highest BCUT2D eigenvalue weighted by Gasteiger charge is 2.32. The van der Waals surface area contributed by atoms with Crippen LogP contribution in [0.3, 0.4) is 0 Å². The van der Waals surface area contributed by atoms with Gasteiger partial charge < -0.3 is 0 Å². The van der Waals surface area contributed by atoms with Crippen LogP contribution >= 0.6 is 22.9 Å². The highest BCUT2D eigenvalue weighted by atomic mass is 35.5. The van der Waals surface area contributed by atoms with Crippen molar-refractivity contribution < 1.29 is 13.2 Å². The summed E-state index contributed by atoms with van der Waals surface area (Å²) in [4.78, 5) is 4.37. The summed E-state index contributed by atoms with van der Waals surface area (Å²) in [6.07, 6.45) is -3.28. The number of benzene rings is 2. The van der Waals surface area contributed by atoms with Crippen molar-refractivity contribution in [3.63, 3.8) is 0 Å². The van der Waals surface area contributed by atoms with E-state index in [1.165, 1.54) is 35.6 Å². The third kappa shape index (κ3) is 3.96. The van der Waals surface area contributed by atoms with Crippen LogP contribution in [0.5, 0.6) is 0 Å². The minimum Gasteiger partial charge on any atom is -0.235 e. The van der Waals surface area contributed by atoms with Crippen LogP contribution in [0, 0.1) is 11.3 Å². The zero-order chi connectivity index (χ0) is 18.7. The molecule has 0 bridgehead atoms. The van der Waals surface area contributed by atoms with E-state index < -0.39 is 11.7 Å². The molecular formula is C19H10ClF3N2S. The molecule has 0 spiro atoms. The third-order valence-electron chi connectivity index (χ3n) is 3.56. The van der Waals surface area contributed by atoms with E-state index in [0.29, 0.717) is 15.7 Å². The monoisotopic (exact) mass is 390 g/mol. The van der Waals surface area contributed by atoms with E-state index in [0.717, 1.165) is 11.6 Å². The second-order valence-corrected chi connectivity index (χ2v) is 6.59. The second-order valence-electron chi connectivity index (χ2n) is 5.30. The zero-order valence-electron chi connectivity index (χ0n) is 13.1. The maximum Gasteiger partial charge on any atom is 0.416 e. The summed E-state index contributed by atoms with van der Waals surface area (Å²) in [5.41, 5.74) is 0.658. The molecule has 26 heavy (non-hydrogen) atoms. The number of hydrogen-bond donors (Lipinski definition) is 0. The molecule has 0 N–H and O–H groups in total. The number of hydrogen-bond acceptors (Lipinski definition) is 3. The lowest BCUT2D eigenvalue weighted by atomic mass is 10.0. The molecule has 0 aliphatic heterocycles. The van der Waals surface area contributed by atoms with Gasteiger partial charge in [0.25, 0.3) is 0 Å². The Kier molecular flexibility index (Phi) is 5.12. The van der Waals surface area contributed by atoms with Gasteiger partial charge in [0.05, 0.1) is 16.8 Å². The van der Waals surface area contributed by atoms with Gasteiger partial charge in [-0.15, -0.1) is 11.3 Å². The zero-order valence-corrected chi connectivity index (χ0v) is 14.7. The summed E-state index contributed by atoms with van der Waals surface area (Å²) in [6, 6.07) is 14.1. The minimum atomic E-state index is -4.50. The van der Waals surface area contributed by atoms with Crippen molar-refractivity contribution in [1.82, 2.24) is 4.98 Å². The lowest BCUT2D eigenvalue weighted by Gasteiger charge is -2.09. The molecule has 0 aliphatic rings. The molecule has 2 aromatic carbocycles. The number of nitriles is 1. The first-order chi connectivity index (χ1) is 12.4. The summed E-state index contributed by atoms with van der Waals surface area (Å²) >= 11 is 7.05. The van der Waals surface area contributed by atoms with E-state index in [9.17, 15) is 18.4 Å². The summed E-state index contributed by atoms with van der Waals surface area (Å²) in [7, 11) is 0. The molecule has 0 saturated carbocycles. The Balaban J connectivity index is 2.00. The molecule has 7 heteroatoms. The largest absolute Gasteiger partial charge is 0.416 e. The predicted molar refractivity (Wildman–Crippen MR) is 97.5 cm³/mol. The van der Waals surface area contributed by atoms with Crippen LogP contribution in [-0.4, -0.2) is 4.98 Å². The lowest BCUT2D eigenvalue weighted by Crippen LogP contribution is -2.07. The molecule has 1 heterocycles. The molecule has 0 saturated heterocycles. The Morgan fingerprint density at radius 2 is 1.81 bits per heavy atom. The van der Waals surface area contributed by atoms with Crippen LogP contribution < -0.4 is 0 Å². The Labute approximate surface area is 156 Å². The van der Waals surface area contributed by atoms with Gasteiger partial charge in [-0.3, -0.25) is 0 Å². The molecular weight excluding hydrogens is 381 g/mol. The quantitative estimate of drug-likeness (QED) is 0.475. The van der Waals surface area contributed by atoms with Crippen molar-refractivity contribution >= 4 is 34.6 Å². The third-order valence-corrected chi connectivity index (χ3v) is 4.69. The molecule has 1 aromatic heterocycles. The fourth-order valence-corrected chi connectivity index (χ4v) is 3.25. The molecule has 0 unspecified atom stereocenters. The summed E-state index contributed by atoms with van der Waals surface area (Å²) in [5.74, 6) is 0. The molecule has 0 radical (unpaired) electrons. The number of halogens is 4. The van der Waals surface area contributed by atoms with E-state index in [1.54, 1.807) is 29.6 Å². The smallest absolute Gasteiger partial charge is 0.235 e. The molecule has 3 aromatic rings. The standard InChI is InChI=1S/C19H10ClF3N2S/c20-15-7-5-12(6-8-15)17-11-26-18(25-17)14(10-24)9-13-3-1-2-4-16(13)19(21,22)23/h1-9,11H/b14-9+. The Morgan fingerprint density at radius 3 is 2.46 bits per heavy atom. The second kappa shape index (κ2) is 7.32. The van der Waals surface area contributed by atoms with Crippen molar-refractivity contribution in [2.45, 2.75) is 6.18 Å². The van der Waals surface area contributed by atoms with E-state index in [4.69, 9.17) is 11.6 Å². The Hall–Kier alpha value is -2.62. The van der Waals surface area contributed by atoms with Gasteiger partial charge in [0.15, 0.2) is 0 Å². The van der Waals surface area contributed by atoms with E-state index in [-0.39, 0.29) is 11.1 Å². The minimum absolute atomic E-state index is 0.0696. The van der Waals surface area contributed by atoms with Crippen LogP contribution in [0.15, 0.2) is 53.9 Å². The number of allylic oxidation sites excluding steroid dienone is 1. The summed E-state index contributed by atoms with van der Waals surface area (Å²) in [5, 5.41) is 12.1. The number of aromatic nitrogens is 1. The van der Waals surface area contributed by atoms with Gasteiger partial charge >= 0.3 is 6.18 Å². The highest BCUT2D eigenvalue weighted by Crippen LogP contribution is 2.34. The average Bonchev–Trinajstić information content (AvgIpc) is 3.09. The van der Waals surface area contributed by atoms with Crippen LogP contribution in [0.1, 0.15) is 16.1 Å². The van der Waals surface area contributed by atoms with Crippen LogP contribution in [-0.2, 0) is 6.18 Å². The van der Waals surface area contributed by atoms with E-state index in [1.807, 2.05) is 6.07 Å².